The largest absolute Gasteiger partial charge is 0.343 e. The van der Waals surface area contributed by atoms with Crippen molar-refractivity contribution in [1.29, 1.82) is 0 Å². The Bertz CT molecular complexity index is 845. The number of hydrogen-bond donors (Lipinski definition) is 3. The Hall–Kier alpha value is -2.66. The molecule has 0 unspecified atom stereocenters. The molecule has 0 spiro atoms. The fraction of sp³-hybridized carbons (Fsp3) is 0.417. The lowest BCUT2D eigenvalue weighted by Crippen LogP contribution is -2.53. The summed E-state index contributed by atoms with van der Waals surface area (Å²) in [5, 5.41) is 9.22. The molecule has 0 aromatic heterocycles. The van der Waals surface area contributed by atoms with Gasteiger partial charge in [-0.05, 0) is 54.0 Å². The van der Waals surface area contributed by atoms with Gasteiger partial charge in [0.2, 0.25) is 11.8 Å². The van der Waals surface area contributed by atoms with E-state index in [1.807, 2.05) is 36.4 Å². The van der Waals surface area contributed by atoms with Gasteiger partial charge in [0.05, 0.1) is 6.04 Å². The van der Waals surface area contributed by atoms with Crippen molar-refractivity contribution in [2.24, 2.45) is 5.92 Å². The van der Waals surface area contributed by atoms with Crippen LogP contribution in [-0.4, -0.2) is 23.9 Å². The molecule has 1 aliphatic rings. The van der Waals surface area contributed by atoms with Crippen molar-refractivity contribution in [3.05, 3.63) is 65.2 Å². The summed E-state index contributed by atoms with van der Waals surface area (Å²) < 4.78 is 0. The van der Waals surface area contributed by atoms with E-state index >= 15 is 0 Å². The van der Waals surface area contributed by atoms with Gasteiger partial charge in [0.25, 0.3) is 0 Å². The smallest absolute Gasteiger partial charge is 0.246 e. The third kappa shape index (κ3) is 5.67. The highest BCUT2D eigenvalue weighted by Crippen LogP contribution is 2.17. The Morgan fingerprint density at radius 2 is 1.76 bits per heavy atom. The third-order valence-electron chi connectivity index (χ3n) is 5.37. The van der Waals surface area contributed by atoms with Crippen molar-refractivity contribution < 1.29 is 9.59 Å². The highest BCUT2D eigenvalue weighted by molar-refractivity contribution is 5.98. The molecule has 5 heteroatoms. The van der Waals surface area contributed by atoms with Gasteiger partial charge >= 0.3 is 0 Å². The number of benzene rings is 2. The highest BCUT2D eigenvalue weighted by Gasteiger charge is 2.28. The summed E-state index contributed by atoms with van der Waals surface area (Å²) in [6.45, 7) is 6.87. The number of anilines is 1. The molecule has 2 amide bonds. The predicted molar refractivity (Wildman–Crippen MR) is 117 cm³/mol. The molecule has 3 rings (SSSR count). The molecule has 5 nitrogen and oxygen atoms in total. The number of amides is 2. The van der Waals surface area contributed by atoms with Crippen LogP contribution in [0.5, 0.6) is 0 Å². The highest BCUT2D eigenvalue weighted by atomic mass is 16.2. The van der Waals surface area contributed by atoms with Crippen molar-refractivity contribution in [3.63, 3.8) is 0 Å². The van der Waals surface area contributed by atoms with Gasteiger partial charge in [-0.2, -0.15) is 0 Å². The quantitative estimate of drug-likeness (QED) is 0.675. The summed E-state index contributed by atoms with van der Waals surface area (Å²) >= 11 is 0. The Balaban J connectivity index is 1.64. The van der Waals surface area contributed by atoms with E-state index in [0.717, 1.165) is 12.1 Å². The lowest BCUT2D eigenvalue weighted by molar-refractivity contribution is -0.128. The molecular formula is C24H31N3O2. The van der Waals surface area contributed by atoms with E-state index in [2.05, 4.69) is 48.9 Å². The third-order valence-corrected chi connectivity index (χ3v) is 5.37. The van der Waals surface area contributed by atoms with E-state index in [0.29, 0.717) is 19.4 Å². The van der Waals surface area contributed by atoms with E-state index < -0.39 is 6.04 Å². The van der Waals surface area contributed by atoms with Crippen LogP contribution in [0.4, 0.5) is 5.69 Å². The normalized spacial score (nSPS) is 16.8. The van der Waals surface area contributed by atoms with Crippen LogP contribution in [0.25, 0.3) is 0 Å². The van der Waals surface area contributed by atoms with E-state index in [1.54, 1.807) is 0 Å². The van der Waals surface area contributed by atoms with Crippen LogP contribution < -0.4 is 16.0 Å². The van der Waals surface area contributed by atoms with Gasteiger partial charge in [0, 0.05) is 12.2 Å². The topological polar surface area (TPSA) is 70.2 Å². The first-order chi connectivity index (χ1) is 14.0. The van der Waals surface area contributed by atoms with E-state index in [9.17, 15) is 9.59 Å². The van der Waals surface area contributed by atoms with Crippen molar-refractivity contribution in [3.8, 4) is 0 Å². The maximum absolute atomic E-state index is 12.9. The second-order valence-electron chi connectivity index (χ2n) is 8.14. The first-order valence-electron chi connectivity index (χ1n) is 10.5. The molecule has 1 aliphatic heterocycles. The van der Waals surface area contributed by atoms with E-state index in [4.69, 9.17) is 0 Å². The molecule has 1 heterocycles. The molecular weight excluding hydrogens is 362 g/mol. The molecule has 0 bridgehead atoms. The summed E-state index contributed by atoms with van der Waals surface area (Å²) in [6, 6.07) is 15.1. The lowest BCUT2D eigenvalue weighted by atomic mass is 9.95. The summed E-state index contributed by atoms with van der Waals surface area (Å²) in [4.78, 5) is 25.8. The van der Waals surface area contributed by atoms with Crippen LogP contribution in [0.2, 0.25) is 0 Å². The molecule has 0 aliphatic carbocycles. The number of carbonyl (C=O) groups excluding carboxylic acids is 2. The van der Waals surface area contributed by atoms with Gasteiger partial charge in [0.1, 0.15) is 6.04 Å². The Morgan fingerprint density at radius 3 is 2.41 bits per heavy atom. The van der Waals surface area contributed by atoms with Gasteiger partial charge in [-0.3, -0.25) is 9.59 Å². The zero-order valence-corrected chi connectivity index (χ0v) is 17.5. The zero-order valence-electron chi connectivity index (χ0n) is 17.5. The van der Waals surface area contributed by atoms with Crippen LogP contribution in [0.1, 0.15) is 43.9 Å². The van der Waals surface area contributed by atoms with Crippen molar-refractivity contribution in [1.82, 2.24) is 10.6 Å². The maximum Gasteiger partial charge on any atom is 0.246 e. The molecule has 154 valence electrons. The van der Waals surface area contributed by atoms with Crippen LogP contribution in [-0.2, 0) is 29.0 Å². The number of carbonyl (C=O) groups is 2. The second kappa shape index (κ2) is 9.70. The summed E-state index contributed by atoms with van der Waals surface area (Å²) in [6.07, 6.45) is 2.18. The summed E-state index contributed by atoms with van der Waals surface area (Å²) in [5.74, 6) is -0.0114. The van der Waals surface area contributed by atoms with E-state index in [1.165, 1.54) is 16.7 Å². The fourth-order valence-electron chi connectivity index (χ4n) is 3.67. The first-order valence-corrected chi connectivity index (χ1v) is 10.5. The molecule has 2 atom stereocenters. The fourth-order valence-corrected chi connectivity index (χ4v) is 3.67. The van der Waals surface area contributed by atoms with Gasteiger partial charge in [-0.15, -0.1) is 0 Å². The van der Waals surface area contributed by atoms with Gasteiger partial charge < -0.3 is 16.0 Å². The van der Waals surface area contributed by atoms with Crippen molar-refractivity contribution in [2.45, 2.75) is 58.7 Å². The van der Waals surface area contributed by atoms with Crippen molar-refractivity contribution >= 4 is 17.5 Å². The van der Waals surface area contributed by atoms with Crippen molar-refractivity contribution in [2.75, 3.05) is 5.32 Å². The van der Waals surface area contributed by atoms with Crippen LogP contribution >= 0.6 is 0 Å². The predicted octanol–water partition coefficient (Wildman–Crippen LogP) is 3.43. The number of hydrogen-bond acceptors (Lipinski definition) is 3. The number of fused-ring (bicyclic) bond motifs is 1. The second-order valence-corrected chi connectivity index (χ2v) is 8.14. The zero-order chi connectivity index (χ0) is 20.8. The van der Waals surface area contributed by atoms with Crippen LogP contribution in [0.3, 0.4) is 0 Å². The number of aryl methyl sites for hydroxylation is 1. The minimum absolute atomic E-state index is 0.123. The maximum atomic E-state index is 12.9. The molecule has 29 heavy (non-hydrogen) atoms. The minimum Gasteiger partial charge on any atom is -0.343 e. The SMILES string of the molecule is CCc1ccc(NC(=O)[C@H](CC(C)C)NC(=O)[C@@H]2Cc3ccccc3CN2)cc1. The number of rotatable bonds is 7. The molecule has 3 N–H and O–H groups in total. The molecule has 2 aromatic carbocycles. The summed E-state index contributed by atoms with van der Waals surface area (Å²) in [7, 11) is 0. The molecule has 2 aromatic rings. The van der Waals surface area contributed by atoms with Gasteiger partial charge in [-0.25, -0.2) is 0 Å². The molecule has 0 radical (unpaired) electrons. The number of nitrogens with one attached hydrogen (secondary N) is 3. The lowest BCUT2D eigenvalue weighted by Gasteiger charge is -2.28. The Labute approximate surface area is 173 Å². The average Bonchev–Trinajstić information content (AvgIpc) is 2.73. The molecule has 0 saturated carbocycles. The first kappa shape index (κ1) is 21.1. The van der Waals surface area contributed by atoms with E-state index in [-0.39, 0.29) is 23.8 Å². The molecule has 0 saturated heterocycles. The average molecular weight is 394 g/mol. The summed E-state index contributed by atoms with van der Waals surface area (Å²) in [5.41, 5.74) is 4.38. The monoisotopic (exact) mass is 393 g/mol. The van der Waals surface area contributed by atoms with Gasteiger partial charge in [-0.1, -0.05) is 57.2 Å². The Morgan fingerprint density at radius 1 is 1.07 bits per heavy atom. The van der Waals surface area contributed by atoms with Crippen LogP contribution in [0, 0.1) is 5.92 Å². The standard InChI is InChI=1S/C24H31N3O2/c1-4-17-9-11-20(12-10-17)26-24(29)22(13-16(2)3)27-23(28)21-14-18-7-5-6-8-19(18)15-25-21/h5-12,16,21-22,25H,4,13-15H2,1-3H3,(H,26,29)(H,27,28)/t21-,22-/m0/s1. The minimum atomic E-state index is -0.563. The van der Waals surface area contributed by atoms with Crippen LogP contribution in [0.15, 0.2) is 48.5 Å². The molecule has 0 fully saturated rings. The Kier molecular flexibility index (Phi) is 7.04. The van der Waals surface area contributed by atoms with Gasteiger partial charge in [0.15, 0.2) is 0 Å².